The predicted molar refractivity (Wildman–Crippen MR) is 148 cm³/mol. The van der Waals surface area contributed by atoms with E-state index in [2.05, 4.69) is 10.5 Å². The molecule has 5 rings (SSSR count). The van der Waals surface area contributed by atoms with Gasteiger partial charge in [0.25, 0.3) is 11.5 Å². The first-order chi connectivity index (χ1) is 18.1. The highest BCUT2D eigenvalue weighted by atomic mass is 32.2. The van der Waals surface area contributed by atoms with Crippen molar-refractivity contribution in [2.45, 2.75) is 30.8 Å². The van der Waals surface area contributed by atoms with E-state index in [0.29, 0.717) is 16.7 Å². The van der Waals surface area contributed by atoms with Gasteiger partial charge in [-0.2, -0.15) is 5.10 Å². The summed E-state index contributed by atoms with van der Waals surface area (Å²) in [6.07, 6.45) is 5.66. The molecule has 0 bridgehead atoms. The SMILES string of the molecule is COc1ccc(/C=N\NC(=O)CSc2nc3sc4c(c3c(=O)n2-c2ccccc2)CCCC4)cc1OC. The molecule has 2 aromatic heterocycles. The van der Waals surface area contributed by atoms with Crippen LogP contribution in [0.2, 0.25) is 0 Å². The molecule has 1 amide bonds. The summed E-state index contributed by atoms with van der Waals surface area (Å²) in [5.74, 6) is 0.935. The Morgan fingerprint density at radius 2 is 1.92 bits per heavy atom. The Hall–Kier alpha value is -3.63. The fourth-order valence-corrected chi connectivity index (χ4v) is 6.47. The van der Waals surface area contributed by atoms with E-state index in [9.17, 15) is 9.59 Å². The van der Waals surface area contributed by atoms with Crippen molar-refractivity contribution in [1.29, 1.82) is 0 Å². The molecule has 1 aliphatic carbocycles. The molecule has 190 valence electrons. The molecule has 8 nitrogen and oxygen atoms in total. The van der Waals surface area contributed by atoms with Gasteiger partial charge in [0.2, 0.25) is 0 Å². The van der Waals surface area contributed by atoms with Crippen LogP contribution in [0.3, 0.4) is 0 Å². The second kappa shape index (κ2) is 11.2. The monoisotopic (exact) mass is 534 g/mol. The maximum absolute atomic E-state index is 13.7. The third-order valence-corrected chi connectivity index (χ3v) is 8.24. The Balaban J connectivity index is 1.37. The molecule has 0 radical (unpaired) electrons. The molecule has 0 unspecified atom stereocenters. The molecule has 10 heteroatoms. The zero-order chi connectivity index (χ0) is 25.8. The average molecular weight is 535 g/mol. The number of hydrazone groups is 1. The van der Waals surface area contributed by atoms with E-state index in [1.54, 1.807) is 42.3 Å². The molecular formula is C27H26N4O4S2. The van der Waals surface area contributed by atoms with Gasteiger partial charge in [0, 0.05) is 4.88 Å². The summed E-state index contributed by atoms with van der Waals surface area (Å²) < 4.78 is 12.2. The number of aromatic nitrogens is 2. The van der Waals surface area contributed by atoms with Gasteiger partial charge in [0.1, 0.15) is 4.83 Å². The molecule has 2 aromatic carbocycles. The van der Waals surface area contributed by atoms with Gasteiger partial charge in [-0.1, -0.05) is 30.0 Å². The van der Waals surface area contributed by atoms with E-state index in [1.807, 2.05) is 36.4 Å². The van der Waals surface area contributed by atoms with Gasteiger partial charge >= 0.3 is 0 Å². The number of carbonyl (C=O) groups is 1. The first-order valence-electron chi connectivity index (χ1n) is 11.9. The molecule has 0 aliphatic heterocycles. The minimum Gasteiger partial charge on any atom is -0.493 e. The number of fused-ring (bicyclic) bond motifs is 3. The van der Waals surface area contributed by atoms with E-state index < -0.39 is 0 Å². The quantitative estimate of drug-likeness (QED) is 0.154. The van der Waals surface area contributed by atoms with Crippen LogP contribution in [0.5, 0.6) is 11.5 Å². The zero-order valence-electron chi connectivity index (χ0n) is 20.5. The summed E-state index contributed by atoms with van der Waals surface area (Å²) in [4.78, 5) is 33.2. The first kappa shape index (κ1) is 25.0. The van der Waals surface area contributed by atoms with Crippen LogP contribution < -0.4 is 20.5 Å². The summed E-state index contributed by atoms with van der Waals surface area (Å²) in [5.41, 5.74) is 5.09. The van der Waals surface area contributed by atoms with E-state index in [0.717, 1.165) is 52.7 Å². The number of benzene rings is 2. The van der Waals surface area contributed by atoms with Gasteiger partial charge in [0.15, 0.2) is 16.7 Å². The number of nitrogens with zero attached hydrogens (tertiary/aromatic N) is 3. The van der Waals surface area contributed by atoms with Gasteiger partial charge in [0.05, 0.1) is 37.3 Å². The summed E-state index contributed by atoms with van der Waals surface area (Å²) >= 11 is 2.82. The molecular weight excluding hydrogens is 508 g/mol. The number of carbonyl (C=O) groups excluding carboxylic acids is 1. The van der Waals surface area contributed by atoms with Crippen LogP contribution in [0.4, 0.5) is 0 Å². The minimum atomic E-state index is -0.304. The number of methoxy groups -OCH3 is 2. The molecule has 0 atom stereocenters. The van der Waals surface area contributed by atoms with Crippen molar-refractivity contribution in [2.75, 3.05) is 20.0 Å². The molecule has 1 aliphatic rings. The van der Waals surface area contributed by atoms with Crippen molar-refractivity contribution in [3.05, 3.63) is 74.9 Å². The normalized spacial score (nSPS) is 13.0. The minimum absolute atomic E-state index is 0.0547. The van der Waals surface area contributed by atoms with Crippen molar-refractivity contribution in [1.82, 2.24) is 15.0 Å². The Labute approximate surface area is 222 Å². The number of thiophene rings is 1. The topological polar surface area (TPSA) is 94.8 Å². The van der Waals surface area contributed by atoms with Gasteiger partial charge < -0.3 is 9.47 Å². The van der Waals surface area contributed by atoms with Crippen LogP contribution >= 0.6 is 23.1 Å². The van der Waals surface area contributed by atoms with Gasteiger partial charge in [-0.15, -0.1) is 11.3 Å². The third-order valence-electron chi connectivity index (χ3n) is 6.12. The van der Waals surface area contributed by atoms with Crippen LogP contribution in [-0.4, -0.2) is 41.6 Å². The first-order valence-corrected chi connectivity index (χ1v) is 13.7. The van der Waals surface area contributed by atoms with Crippen molar-refractivity contribution in [2.24, 2.45) is 5.10 Å². The molecule has 1 N–H and O–H groups in total. The van der Waals surface area contributed by atoms with E-state index in [4.69, 9.17) is 14.5 Å². The van der Waals surface area contributed by atoms with Crippen LogP contribution in [0, 0.1) is 0 Å². The number of thioether (sulfide) groups is 1. The maximum Gasteiger partial charge on any atom is 0.267 e. The predicted octanol–water partition coefficient (Wildman–Crippen LogP) is 4.59. The highest BCUT2D eigenvalue weighted by Crippen LogP contribution is 2.35. The Kier molecular flexibility index (Phi) is 7.57. The summed E-state index contributed by atoms with van der Waals surface area (Å²) in [7, 11) is 3.13. The van der Waals surface area contributed by atoms with Crippen LogP contribution in [0.1, 0.15) is 28.8 Å². The molecule has 4 aromatic rings. The van der Waals surface area contributed by atoms with Crippen molar-refractivity contribution in [3.8, 4) is 17.2 Å². The lowest BCUT2D eigenvalue weighted by Gasteiger charge is -2.13. The number of rotatable bonds is 8. The Morgan fingerprint density at radius 1 is 1.14 bits per heavy atom. The van der Waals surface area contributed by atoms with Gasteiger partial charge in [-0.3, -0.25) is 14.2 Å². The van der Waals surface area contributed by atoms with E-state index in [-0.39, 0.29) is 17.2 Å². The molecule has 37 heavy (non-hydrogen) atoms. The number of hydrogen-bond acceptors (Lipinski definition) is 8. The second-order valence-electron chi connectivity index (χ2n) is 8.46. The van der Waals surface area contributed by atoms with E-state index >= 15 is 0 Å². The molecule has 0 saturated carbocycles. The molecule has 0 spiro atoms. The van der Waals surface area contributed by atoms with Crippen molar-refractivity contribution >= 4 is 45.4 Å². The van der Waals surface area contributed by atoms with Crippen molar-refractivity contribution < 1.29 is 14.3 Å². The number of hydrogen-bond donors (Lipinski definition) is 1. The molecule has 0 fully saturated rings. The average Bonchev–Trinajstić information content (AvgIpc) is 3.31. The lowest BCUT2D eigenvalue weighted by Crippen LogP contribution is -2.24. The largest absolute Gasteiger partial charge is 0.493 e. The lowest BCUT2D eigenvalue weighted by molar-refractivity contribution is -0.118. The van der Waals surface area contributed by atoms with Crippen LogP contribution in [0.25, 0.3) is 15.9 Å². The van der Waals surface area contributed by atoms with Gasteiger partial charge in [-0.05, 0) is 67.1 Å². The fraction of sp³-hybridized carbons (Fsp3) is 0.259. The highest BCUT2D eigenvalue weighted by Gasteiger charge is 2.23. The summed E-state index contributed by atoms with van der Waals surface area (Å²) in [6, 6.07) is 14.8. The fourth-order valence-electron chi connectivity index (χ4n) is 4.36. The number of ether oxygens (including phenoxy) is 2. The second-order valence-corrected chi connectivity index (χ2v) is 10.5. The summed E-state index contributed by atoms with van der Waals surface area (Å²) in [5, 5.41) is 5.26. The number of nitrogens with one attached hydrogen (secondary N) is 1. The summed E-state index contributed by atoms with van der Waals surface area (Å²) in [6.45, 7) is 0. The lowest BCUT2D eigenvalue weighted by atomic mass is 9.97. The van der Waals surface area contributed by atoms with E-state index in [1.165, 1.54) is 22.9 Å². The Bertz CT molecular complexity index is 1530. The Morgan fingerprint density at radius 3 is 2.70 bits per heavy atom. The molecule has 0 saturated heterocycles. The number of aryl methyl sites for hydroxylation is 2. The standard InChI is InChI=1S/C27H26N4O4S2/c1-34-20-13-12-17(14-21(20)35-2)15-28-30-23(32)16-36-27-29-25-24(19-10-6-7-11-22(19)37-25)26(33)31(27)18-8-4-3-5-9-18/h3-5,8-9,12-15H,6-7,10-11,16H2,1-2H3,(H,30,32)/b28-15-. The van der Waals surface area contributed by atoms with Gasteiger partial charge in [-0.25, -0.2) is 10.4 Å². The van der Waals surface area contributed by atoms with Crippen LogP contribution in [0.15, 0.2) is 63.6 Å². The number of amides is 1. The van der Waals surface area contributed by atoms with Crippen LogP contribution in [-0.2, 0) is 17.6 Å². The zero-order valence-corrected chi connectivity index (χ0v) is 22.2. The smallest absolute Gasteiger partial charge is 0.267 e. The molecule has 2 heterocycles. The number of para-hydroxylation sites is 1. The third kappa shape index (κ3) is 5.26. The van der Waals surface area contributed by atoms with Crippen molar-refractivity contribution in [3.63, 3.8) is 0 Å². The highest BCUT2D eigenvalue weighted by molar-refractivity contribution is 7.99. The maximum atomic E-state index is 13.7.